The van der Waals surface area contributed by atoms with Crippen LogP contribution in [-0.2, 0) is 11.3 Å². The van der Waals surface area contributed by atoms with Gasteiger partial charge in [-0.15, -0.1) is 5.10 Å². The minimum atomic E-state index is -0.620. The number of ether oxygens (including phenoxy) is 1. The van der Waals surface area contributed by atoms with Crippen molar-refractivity contribution in [3.63, 3.8) is 0 Å². The number of nitrogens with zero attached hydrogens (tertiary/aromatic N) is 4. The summed E-state index contributed by atoms with van der Waals surface area (Å²) in [4.78, 5) is 24.0. The third-order valence-corrected chi connectivity index (χ3v) is 3.60. The molecule has 0 radical (unpaired) electrons. The number of rotatable bonds is 4. The molecular formula is C16H18N6O3. The standard InChI is InChI=1S/C16H18N6O3/c1-3-25-16(24)18-14-8-21(20-19-14)9-15(23)22-10(2)6-11-7-12(17)4-5-13(11)22/h4-8H,3,9,17H2,1-2H3,(H,18,24). The summed E-state index contributed by atoms with van der Waals surface area (Å²) < 4.78 is 7.72. The zero-order chi connectivity index (χ0) is 18.0. The van der Waals surface area contributed by atoms with Gasteiger partial charge in [-0.05, 0) is 38.1 Å². The molecule has 0 aliphatic carbocycles. The van der Waals surface area contributed by atoms with Crippen LogP contribution < -0.4 is 11.1 Å². The monoisotopic (exact) mass is 342 g/mol. The lowest BCUT2D eigenvalue weighted by Crippen LogP contribution is -2.19. The molecule has 3 N–H and O–H groups in total. The fourth-order valence-corrected chi connectivity index (χ4v) is 2.62. The maximum absolute atomic E-state index is 12.7. The van der Waals surface area contributed by atoms with Gasteiger partial charge in [-0.25, -0.2) is 9.48 Å². The van der Waals surface area contributed by atoms with Gasteiger partial charge in [0.05, 0.1) is 18.3 Å². The van der Waals surface area contributed by atoms with E-state index in [4.69, 9.17) is 10.5 Å². The van der Waals surface area contributed by atoms with Crippen LogP contribution in [0.4, 0.5) is 16.3 Å². The average Bonchev–Trinajstić information content (AvgIpc) is 3.10. The number of carbonyl (C=O) groups excluding carboxylic acids is 2. The number of aryl methyl sites for hydroxylation is 1. The number of nitrogen functional groups attached to an aromatic ring is 1. The van der Waals surface area contributed by atoms with Gasteiger partial charge in [-0.2, -0.15) is 0 Å². The molecule has 0 spiro atoms. The van der Waals surface area contributed by atoms with Crippen molar-refractivity contribution >= 4 is 34.4 Å². The van der Waals surface area contributed by atoms with Crippen LogP contribution in [0.1, 0.15) is 17.4 Å². The van der Waals surface area contributed by atoms with Crippen molar-refractivity contribution in [3.8, 4) is 0 Å². The molecule has 1 amide bonds. The summed E-state index contributed by atoms with van der Waals surface area (Å²) in [6.07, 6.45) is 0.846. The Bertz CT molecular complexity index is 943. The molecule has 2 heterocycles. The van der Waals surface area contributed by atoms with Crippen LogP contribution in [-0.4, -0.2) is 38.2 Å². The van der Waals surface area contributed by atoms with Crippen molar-refractivity contribution in [2.24, 2.45) is 0 Å². The highest BCUT2D eigenvalue weighted by molar-refractivity contribution is 5.94. The van der Waals surface area contributed by atoms with Gasteiger partial charge < -0.3 is 10.5 Å². The number of nitrogens with one attached hydrogen (secondary N) is 1. The van der Waals surface area contributed by atoms with Crippen LogP contribution >= 0.6 is 0 Å². The largest absolute Gasteiger partial charge is 0.450 e. The van der Waals surface area contributed by atoms with E-state index in [0.29, 0.717) is 5.69 Å². The van der Waals surface area contributed by atoms with Gasteiger partial charge in [0.1, 0.15) is 6.54 Å². The topological polar surface area (TPSA) is 117 Å². The number of benzene rings is 1. The lowest BCUT2D eigenvalue weighted by molar-refractivity contribution is 0.0889. The first-order valence-corrected chi connectivity index (χ1v) is 7.72. The van der Waals surface area contributed by atoms with E-state index in [-0.39, 0.29) is 24.9 Å². The Balaban J connectivity index is 1.78. The first-order chi connectivity index (χ1) is 12.0. The second kappa shape index (κ2) is 6.63. The Morgan fingerprint density at radius 1 is 1.32 bits per heavy atom. The van der Waals surface area contributed by atoms with Crippen LogP contribution in [0.2, 0.25) is 0 Å². The molecule has 3 rings (SSSR count). The van der Waals surface area contributed by atoms with Gasteiger partial charge in [0.2, 0.25) is 0 Å². The summed E-state index contributed by atoms with van der Waals surface area (Å²) in [6.45, 7) is 3.78. The van der Waals surface area contributed by atoms with Crippen LogP contribution in [0.15, 0.2) is 30.5 Å². The van der Waals surface area contributed by atoms with Gasteiger partial charge >= 0.3 is 6.09 Å². The second-order valence-corrected chi connectivity index (χ2v) is 5.48. The highest BCUT2D eigenvalue weighted by Crippen LogP contribution is 2.22. The van der Waals surface area contributed by atoms with E-state index >= 15 is 0 Å². The molecule has 2 aromatic heterocycles. The number of amides is 1. The number of anilines is 2. The quantitative estimate of drug-likeness (QED) is 0.701. The first kappa shape index (κ1) is 16.5. The zero-order valence-corrected chi connectivity index (χ0v) is 13.9. The molecule has 0 aliphatic heterocycles. The SMILES string of the molecule is CCOC(=O)Nc1cn(CC(=O)n2c(C)cc3cc(N)ccc32)nn1. The van der Waals surface area contributed by atoms with E-state index in [2.05, 4.69) is 15.6 Å². The van der Waals surface area contributed by atoms with Gasteiger partial charge in [-0.3, -0.25) is 14.7 Å². The summed E-state index contributed by atoms with van der Waals surface area (Å²) in [5.74, 6) is 0.0398. The molecule has 0 fully saturated rings. The predicted octanol–water partition coefficient (Wildman–Crippen LogP) is 2.03. The molecular weight excluding hydrogens is 324 g/mol. The van der Waals surface area contributed by atoms with Crippen LogP contribution in [0.25, 0.3) is 10.9 Å². The van der Waals surface area contributed by atoms with E-state index in [1.807, 2.05) is 25.1 Å². The van der Waals surface area contributed by atoms with E-state index in [9.17, 15) is 9.59 Å². The molecule has 3 aromatic rings. The number of nitrogens with two attached hydrogens (primary N) is 1. The maximum Gasteiger partial charge on any atom is 0.412 e. The minimum absolute atomic E-state index is 0.0213. The van der Waals surface area contributed by atoms with Crippen LogP contribution in [0, 0.1) is 6.92 Å². The fraction of sp³-hybridized carbons (Fsp3) is 0.250. The third kappa shape index (κ3) is 3.44. The number of fused-ring (bicyclic) bond motifs is 1. The van der Waals surface area contributed by atoms with Gasteiger partial charge in [0.25, 0.3) is 5.91 Å². The van der Waals surface area contributed by atoms with Crippen molar-refractivity contribution < 1.29 is 14.3 Å². The highest BCUT2D eigenvalue weighted by atomic mass is 16.5. The molecule has 25 heavy (non-hydrogen) atoms. The molecule has 0 bridgehead atoms. The second-order valence-electron chi connectivity index (χ2n) is 5.48. The number of hydrogen-bond acceptors (Lipinski definition) is 6. The summed E-state index contributed by atoms with van der Waals surface area (Å²) in [5, 5.41) is 11.0. The van der Waals surface area contributed by atoms with E-state index < -0.39 is 6.09 Å². The summed E-state index contributed by atoms with van der Waals surface area (Å²) in [6, 6.07) is 7.29. The predicted molar refractivity (Wildman–Crippen MR) is 92.4 cm³/mol. The van der Waals surface area contributed by atoms with Crippen LogP contribution in [0.5, 0.6) is 0 Å². The Kier molecular flexibility index (Phi) is 4.38. The molecule has 1 aromatic carbocycles. The van der Waals surface area contributed by atoms with Crippen molar-refractivity contribution in [3.05, 3.63) is 36.2 Å². The van der Waals surface area contributed by atoms with Gasteiger partial charge in [-0.1, -0.05) is 5.21 Å². The van der Waals surface area contributed by atoms with E-state index in [0.717, 1.165) is 16.6 Å². The third-order valence-electron chi connectivity index (χ3n) is 3.60. The molecule has 0 unspecified atom stereocenters. The van der Waals surface area contributed by atoms with Crippen molar-refractivity contribution in [1.82, 2.24) is 19.6 Å². The number of hydrogen-bond donors (Lipinski definition) is 2. The van der Waals surface area contributed by atoms with Crippen LogP contribution in [0.3, 0.4) is 0 Å². The number of aromatic nitrogens is 4. The van der Waals surface area contributed by atoms with E-state index in [1.54, 1.807) is 17.6 Å². The summed E-state index contributed by atoms with van der Waals surface area (Å²) in [7, 11) is 0. The first-order valence-electron chi connectivity index (χ1n) is 7.72. The summed E-state index contributed by atoms with van der Waals surface area (Å²) >= 11 is 0. The molecule has 0 saturated carbocycles. The smallest absolute Gasteiger partial charge is 0.412 e. The minimum Gasteiger partial charge on any atom is -0.450 e. The van der Waals surface area contributed by atoms with Crippen molar-refractivity contribution in [2.45, 2.75) is 20.4 Å². The average molecular weight is 342 g/mol. The maximum atomic E-state index is 12.7. The molecule has 9 nitrogen and oxygen atoms in total. The summed E-state index contributed by atoms with van der Waals surface area (Å²) in [5.41, 5.74) is 8.01. The lowest BCUT2D eigenvalue weighted by atomic mass is 10.2. The molecule has 0 atom stereocenters. The molecule has 0 saturated heterocycles. The number of carbonyl (C=O) groups is 2. The Hall–Kier alpha value is -3.36. The Morgan fingerprint density at radius 3 is 2.88 bits per heavy atom. The molecule has 9 heteroatoms. The van der Waals surface area contributed by atoms with Gasteiger partial charge in [0, 0.05) is 16.8 Å². The normalized spacial score (nSPS) is 10.8. The molecule has 130 valence electrons. The van der Waals surface area contributed by atoms with Gasteiger partial charge in [0.15, 0.2) is 5.82 Å². The molecule has 0 aliphatic rings. The van der Waals surface area contributed by atoms with E-state index in [1.165, 1.54) is 10.9 Å². The highest BCUT2D eigenvalue weighted by Gasteiger charge is 2.15. The lowest BCUT2D eigenvalue weighted by Gasteiger charge is -2.06. The fourth-order valence-electron chi connectivity index (χ4n) is 2.62. The van der Waals surface area contributed by atoms with Crippen molar-refractivity contribution in [1.29, 1.82) is 0 Å². The Morgan fingerprint density at radius 2 is 2.12 bits per heavy atom. The Labute approximate surface area is 143 Å². The zero-order valence-electron chi connectivity index (χ0n) is 13.9. The van der Waals surface area contributed by atoms with Crippen molar-refractivity contribution in [2.75, 3.05) is 17.7 Å².